The van der Waals surface area contributed by atoms with E-state index >= 15 is 0 Å². The van der Waals surface area contributed by atoms with Crippen molar-refractivity contribution < 1.29 is 9.72 Å². The fourth-order valence-corrected chi connectivity index (χ4v) is 1.78. The molecule has 0 aliphatic carbocycles. The van der Waals surface area contributed by atoms with Crippen LogP contribution in [0.4, 0.5) is 5.69 Å². The summed E-state index contributed by atoms with van der Waals surface area (Å²) in [5.41, 5.74) is -0.373. The summed E-state index contributed by atoms with van der Waals surface area (Å²) in [5, 5.41) is 14.2. The zero-order chi connectivity index (χ0) is 12.8. The van der Waals surface area contributed by atoms with Gasteiger partial charge in [0.2, 0.25) is 0 Å². The Labute approximate surface area is 111 Å². The summed E-state index contributed by atoms with van der Waals surface area (Å²) in [6.07, 6.45) is 0.740. The van der Waals surface area contributed by atoms with Crippen LogP contribution in [-0.4, -0.2) is 22.7 Å². The Morgan fingerprint density at radius 1 is 1.53 bits per heavy atom. The first-order valence-corrected chi connectivity index (χ1v) is 6.35. The number of amides is 1. The van der Waals surface area contributed by atoms with Gasteiger partial charge in [-0.15, -0.1) is 0 Å². The molecule has 92 valence electrons. The molecule has 0 saturated heterocycles. The monoisotopic (exact) mass is 320 g/mol. The SMILES string of the molecule is O=C(NCCCBr)c1c(Cl)cccc1[N+](=O)[O-]. The van der Waals surface area contributed by atoms with E-state index < -0.39 is 10.8 Å². The summed E-state index contributed by atoms with van der Waals surface area (Å²) in [7, 11) is 0. The molecule has 7 heteroatoms. The zero-order valence-electron chi connectivity index (χ0n) is 8.78. The van der Waals surface area contributed by atoms with E-state index in [0.29, 0.717) is 6.54 Å². The number of carbonyl (C=O) groups is 1. The Kier molecular flexibility index (Phi) is 5.37. The van der Waals surface area contributed by atoms with Crippen LogP contribution in [0, 0.1) is 10.1 Å². The molecule has 0 aliphatic heterocycles. The summed E-state index contributed by atoms with van der Waals surface area (Å²) in [4.78, 5) is 21.9. The smallest absolute Gasteiger partial charge is 0.283 e. The topological polar surface area (TPSA) is 72.2 Å². The molecule has 1 amide bonds. The number of halogens is 2. The van der Waals surface area contributed by atoms with Crippen LogP contribution in [0.25, 0.3) is 0 Å². The van der Waals surface area contributed by atoms with Gasteiger partial charge in [-0.25, -0.2) is 0 Å². The Hall–Kier alpha value is -1.14. The molecule has 0 radical (unpaired) electrons. The van der Waals surface area contributed by atoms with Crippen molar-refractivity contribution in [3.8, 4) is 0 Å². The second kappa shape index (κ2) is 6.56. The Bertz CT molecular complexity index is 440. The van der Waals surface area contributed by atoms with Crippen molar-refractivity contribution in [2.45, 2.75) is 6.42 Å². The van der Waals surface area contributed by atoms with Gasteiger partial charge in [-0.2, -0.15) is 0 Å². The predicted molar refractivity (Wildman–Crippen MR) is 68.9 cm³/mol. The number of benzene rings is 1. The van der Waals surface area contributed by atoms with Crippen LogP contribution in [0.2, 0.25) is 5.02 Å². The van der Waals surface area contributed by atoms with E-state index in [0.717, 1.165) is 11.8 Å². The molecule has 0 aliphatic rings. The standard InChI is InChI=1S/C10H10BrClN2O3/c11-5-2-6-13-10(15)9-7(12)3-1-4-8(9)14(16)17/h1,3-4H,2,5-6H2,(H,13,15). The lowest BCUT2D eigenvalue weighted by Crippen LogP contribution is -2.25. The van der Waals surface area contributed by atoms with Gasteiger partial charge in [-0.1, -0.05) is 33.6 Å². The maximum atomic E-state index is 11.8. The third kappa shape index (κ3) is 3.67. The van der Waals surface area contributed by atoms with Crippen molar-refractivity contribution in [3.63, 3.8) is 0 Å². The molecule has 0 aromatic heterocycles. The first kappa shape index (κ1) is 13.9. The molecule has 17 heavy (non-hydrogen) atoms. The van der Waals surface area contributed by atoms with Crippen molar-refractivity contribution in [2.24, 2.45) is 0 Å². The highest BCUT2D eigenvalue weighted by Crippen LogP contribution is 2.25. The number of hydrogen-bond donors (Lipinski definition) is 1. The molecule has 1 rings (SSSR count). The molecular weight excluding hydrogens is 311 g/mol. The van der Waals surface area contributed by atoms with Crippen LogP contribution in [0.5, 0.6) is 0 Å². The number of rotatable bonds is 5. The molecule has 1 aromatic carbocycles. The molecule has 0 atom stereocenters. The van der Waals surface area contributed by atoms with Gasteiger partial charge >= 0.3 is 0 Å². The Morgan fingerprint density at radius 3 is 2.82 bits per heavy atom. The van der Waals surface area contributed by atoms with E-state index in [1.165, 1.54) is 18.2 Å². The molecule has 5 nitrogen and oxygen atoms in total. The van der Waals surface area contributed by atoms with E-state index in [9.17, 15) is 14.9 Å². The second-order valence-electron chi connectivity index (χ2n) is 3.19. The van der Waals surface area contributed by atoms with Crippen LogP contribution >= 0.6 is 27.5 Å². The van der Waals surface area contributed by atoms with Crippen LogP contribution in [0.3, 0.4) is 0 Å². The number of nitrogens with zero attached hydrogens (tertiary/aromatic N) is 1. The minimum Gasteiger partial charge on any atom is -0.352 e. The van der Waals surface area contributed by atoms with Gasteiger partial charge in [-0.3, -0.25) is 14.9 Å². The first-order valence-electron chi connectivity index (χ1n) is 4.85. The highest BCUT2D eigenvalue weighted by molar-refractivity contribution is 9.09. The molecule has 0 heterocycles. The number of hydrogen-bond acceptors (Lipinski definition) is 3. The van der Waals surface area contributed by atoms with Crippen molar-refractivity contribution in [1.82, 2.24) is 5.32 Å². The van der Waals surface area contributed by atoms with Crippen molar-refractivity contribution >= 4 is 39.1 Å². The minimum atomic E-state index is -0.620. The molecule has 0 saturated carbocycles. The molecule has 0 bridgehead atoms. The number of alkyl halides is 1. The lowest BCUT2D eigenvalue weighted by molar-refractivity contribution is -0.385. The van der Waals surface area contributed by atoms with Gasteiger partial charge in [0.15, 0.2) is 0 Å². The van der Waals surface area contributed by atoms with Crippen LogP contribution < -0.4 is 5.32 Å². The molecular formula is C10H10BrClN2O3. The van der Waals surface area contributed by atoms with E-state index in [1.54, 1.807) is 0 Å². The normalized spacial score (nSPS) is 10.0. The molecule has 1 aromatic rings. The molecule has 0 fully saturated rings. The second-order valence-corrected chi connectivity index (χ2v) is 4.39. The summed E-state index contributed by atoms with van der Waals surface area (Å²) in [6, 6.07) is 4.15. The highest BCUT2D eigenvalue weighted by Gasteiger charge is 2.22. The summed E-state index contributed by atoms with van der Waals surface area (Å²) in [5.74, 6) is -0.525. The van der Waals surface area contributed by atoms with Crippen LogP contribution in [0.1, 0.15) is 16.8 Å². The van der Waals surface area contributed by atoms with Crippen LogP contribution in [0.15, 0.2) is 18.2 Å². The third-order valence-corrected chi connectivity index (χ3v) is 2.89. The first-order chi connectivity index (χ1) is 8.07. The van der Waals surface area contributed by atoms with Gasteiger partial charge in [-0.05, 0) is 12.5 Å². The third-order valence-electron chi connectivity index (χ3n) is 2.01. The van der Waals surface area contributed by atoms with E-state index in [2.05, 4.69) is 21.2 Å². The van der Waals surface area contributed by atoms with Gasteiger partial charge < -0.3 is 5.32 Å². The van der Waals surface area contributed by atoms with Gasteiger partial charge in [0.25, 0.3) is 11.6 Å². The molecule has 1 N–H and O–H groups in total. The quantitative estimate of drug-likeness (QED) is 0.392. The van der Waals surface area contributed by atoms with Crippen molar-refractivity contribution in [2.75, 3.05) is 11.9 Å². The predicted octanol–water partition coefficient (Wildman–Crippen LogP) is 2.76. The fourth-order valence-electron chi connectivity index (χ4n) is 1.25. The zero-order valence-corrected chi connectivity index (χ0v) is 11.1. The highest BCUT2D eigenvalue weighted by atomic mass is 79.9. The Balaban J connectivity index is 2.95. The summed E-state index contributed by atoms with van der Waals surface area (Å²) >= 11 is 9.03. The molecule has 0 spiro atoms. The largest absolute Gasteiger partial charge is 0.352 e. The lowest BCUT2D eigenvalue weighted by atomic mass is 10.1. The van der Waals surface area contributed by atoms with Crippen molar-refractivity contribution in [1.29, 1.82) is 0 Å². The summed E-state index contributed by atoms with van der Waals surface area (Å²) in [6.45, 7) is 0.437. The maximum Gasteiger partial charge on any atom is 0.283 e. The lowest BCUT2D eigenvalue weighted by Gasteiger charge is -2.06. The van der Waals surface area contributed by atoms with Crippen molar-refractivity contribution in [3.05, 3.63) is 38.9 Å². The fraction of sp³-hybridized carbons (Fsp3) is 0.300. The minimum absolute atomic E-state index is 0.0792. The Morgan fingerprint density at radius 2 is 2.24 bits per heavy atom. The average molecular weight is 322 g/mol. The van der Waals surface area contributed by atoms with E-state index in [-0.39, 0.29) is 16.3 Å². The number of carbonyl (C=O) groups excluding carboxylic acids is 1. The average Bonchev–Trinajstić information content (AvgIpc) is 2.28. The van der Waals surface area contributed by atoms with Gasteiger partial charge in [0, 0.05) is 17.9 Å². The molecule has 0 unspecified atom stereocenters. The van der Waals surface area contributed by atoms with Gasteiger partial charge in [0.05, 0.1) is 9.95 Å². The number of nitro groups is 1. The van der Waals surface area contributed by atoms with Gasteiger partial charge in [0.1, 0.15) is 5.56 Å². The van der Waals surface area contributed by atoms with E-state index in [1.807, 2.05) is 0 Å². The summed E-state index contributed by atoms with van der Waals surface area (Å²) < 4.78 is 0. The van der Waals surface area contributed by atoms with E-state index in [4.69, 9.17) is 11.6 Å². The maximum absolute atomic E-state index is 11.8. The van der Waals surface area contributed by atoms with Crippen LogP contribution in [-0.2, 0) is 0 Å². The number of nitrogens with one attached hydrogen (secondary N) is 1. The number of nitro benzene ring substituents is 1.